The molecule has 0 bridgehead atoms. The van der Waals surface area contributed by atoms with Gasteiger partial charge in [0.25, 0.3) is 0 Å². The van der Waals surface area contributed by atoms with Crippen molar-refractivity contribution in [1.82, 2.24) is 10.2 Å². The van der Waals surface area contributed by atoms with Crippen LogP contribution in [0.2, 0.25) is 0 Å². The Hall–Kier alpha value is 0.270. The minimum Gasteiger partial charge on any atom is -0.310 e. The van der Waals surface area contributed by atoms with Crippen LogP contribution in [-0.4, -0.2) is 48.1 Å². The van der Waals surface area contributed by atoms with Crippen LogP contribution in [0, 0.1) is 0 Å². The van der Waals surface area contributed by atoms with Crippen LogP contribution in [0.15, 0.2) is 0 Å². The summed E-state index contributed by atoms with van der Waals surface area (Å²) in [7, 11) is 0. The van der Waals surface area contributed by atoms with Gasteiger partial charge in [0.15, 0.2) is 0 Å². The van der Waals surface area contributed by atoms with Gasteiger partial charge in [-0.25, -0.2) is 0 Å². The van der Waals surface area contributed by atoms with Gasteiger partial charge in [-0.1, -0.05) is 6.92 Å². The molecule has 1 unspecified atom stereocenters. The highest BCUT2D eigenvalue weighted by molar-refractivity contribution is 7.99. The summed E-state index contributed by atoms with van der Waals surface area (Å²) in [6, 6.07) is 0. The Morgan fingerprint density at radius 3 is 2.71 bits per heavy atom. The SMILES string of the molecule is CCC1(CN2CCSCC2)CCCN1. The van der Waals surface area contributed by atoms with Gasteiger partial charge in [-0.15, -0.1) is 0 Å². The number of hydrogen-bond donors (Lipinski definition) is 1. The van der Waals surface area contributed by atoms with Crippen molar-refractivity contribution in [2.45, 2.75) is 31.7 Å². The Morgan fingerprint density at radius 1 is 1.36 bits per heavy atom. The average Bonchev–Trinajstić information content (AvgIpc) is 2.69. The van der Waals surface area contributed by atoms with Crippen molar-refractivity contribution >= 4 is 11.8 Å². The van der Waals surface area contributed by atoms with Gasteiger partial charge in [-0.2, -0.15) is 11.8 Å². The zero-order chi connectivity index (χ0) is 9.86. The largest absolute Gasteiger partial charge is 0.310 e. The summed E-state index contributed by atoms with van der Waals surface area (Å²) in [5.41, 5.74) is 0.460. The molecule has 0 saturated carbocycles. The number of rotatable bonds is 3. The van der Waals surface area contributed by atoms with E-state index in [9.17, 15) is 0 Å². The summed E-state index contributed by atoms with van der Waals surface area (Å²) in [6.45, 7) is 7.44. The lowest BCUT2D eigenvalue weighted by Gasteiger charge is -2.36. The van der Waals surface area contributed by atoms with Crippen molar-refractivity contribution in [1.29, 1.82) is 0 Å². The number of thioether (sulfide) groups is 1. The van der Waals surface area contributed by atoms with E-state index in [2.05, 4.69) is 28.9 Å². The molecule has 0 radical (unpaired) electrons. The van der Waals surface area contributed by atoms with Crippen LogP contribution >= 0.6 is 11.8 Å². The highest BCUT2D eigenvalue weighted by Gasteiger charge is 2.33. The lowest BCUT2D eigenvalue weighted by atomic mass is 9.93. The first kappa shape index (κ1) is 10.8. The Bertz CT molecular complexity index is 172. The zero-order valence-electron chi connectivity index (χ0n) is 9.22. The van der Waals surface area contributed by atoms with Crippen molar-refractivity contribution in [2.75, 3.05) is 37.7 Å². The summed E-state index contributed by atoms with van der Waals surface area (Å²) in [6.07, 6.45) is 4.04. The maximum atomic E-state index is 3.72. The van der Waals surface area contributed by atoms with Crippen LogP contribution < -0.4 is 5.32 Å². The second kappa shape index (κ2) is 4.86. The molecule has 14 heavy (non-hydrogen) atoms. The van der Waals surface area contributed by atoms with Crippen molar-refractivity contribution in [3.8, 4) is 0 Å². The van der Waals surface area contributed by atoms with Crippen molar-refractivity contribution in [3.63, 3.8) is 0 Å². The molecule has 2 aliphatic rings. The highest BCUT2D eigenvalue weighted by Crippen LogP contribution is 2.25. The van der Waals surface area contributed by atoms with Crippen LogP contribution in [0.25, 0.3) is 0 Å². The van der Waals surface area contributed by atoms with Crippen molar-refractivity contribution in [2.24, 2.45) is 0 Å². The fraction of sp³-hybridized carbons (Fsp3) is 1.00. The molecule has 1 N–H and O–H groups in total. The molecule has 0 amide bonds. The third-order valence-corrected chi connectivity index (χ3v) is 4.58. The number of nitrogens with one attached hydrogen (secondary N) is 1. The topological polar surface area (TPSA) is 15.3 Å². The summed E-state index contributed by atoms with van der Waals surface area (Å²) < 4.78 is 0. The molecule has 0 aromatic heterocycles. The van der Waals surface area contributed by atoms with Crippen LogP contribution in [0.3, 0.4) is 0 Å². The van der Waals surface area contributed by atoms with Gasteiger partial charge < -0.3 is 5.32 Å². The minimum atomic E-state index is 0.460. The molecule has 82 valence electrons. The monoisotopic (exact) mass is 214 g/mol. The van der Waals surface area contributed by atoms with E-state index < -0.39 is 0 Å². The van der Waals surface area contributed by atoms with Gasteiger partial charge in [0.2, 0.25) is 0 Å². The molecule has 2 rings (SSSR count). The quantitative estimate of drug-likeness (QED) is 0.768. The molecule has 0 aromatic carbocycles. The van der Waals surface area contributed by atoms with E-state index in [4.69, 9.17) is 0 Å². The predicted molar refractivity (Wildman–Crippen MR) is 64.0 cm³/mol. The molecule has 1 atom stereocenters. The summed E-state index contributed by atoms with van der Waals surface area (Å²) in [4.78, 5) is 2.65. The summed E-state index contributed by atoms with van der Waals surface area (Å²) in [5.74, 6) is 2.67. The van der Waals surface area contributed by atoms with E-state index >= 15 is 0 Å². The summed E-state index contributed by atoms with van der Waals surface area (Å²) >= 11 is 2.10. The predicted octanol–water partition coefficient (Wildman–Crippen LogP) is 1.57. The van der Waals surface area contributed by atoms with E-state index in [0.29, 0.717) is 5.54 Å². The molecule has 2 saturated heterocycles. The Kier molecular flexibility index (Phi) is 3.74. The first-order chi connectivity index (χ1) is 6.85. The van der Waals surface area contributed by atoms with Crippen LogP contribution in [0.1, 0.15) is 26.2 Å². The molecule has 2 aliphatic heterocycles. The molecule has 0 spiro atoms. The van der Waals surface area contributed by atoms with Crippen LogP contribution in [-0.2, 0) is 0 Å². The number of nitrogens with zero attached hydrogens (tertiary/aromatic N) is 1. The molecule has 2 fully saturated rings. The normalized spacial score (nSPS) is 34.9. The first-order valence-electron chi connectivity index (χ1n) is 5.90. The molecule has 0 aliphatic carbocycles. The average molecular weight is 214 g/mol. The molecular weight excluding hydrogens is 192 g/mol. The minimum absolute atomic E-state index is 0.460. The fourth-order valence-corrected chi connectivity index (χ4v) is 3.58. The molecular formula is C11H22N2S. The Labute approximate surface area is 91.8 Å². The Morgan fingerprint density at radius 2 is 2.14 bits per heavy atom. The Balaban J connectivity index is 1.86. The molecule has 0 aromatic rings. The second-order valence-corrected chi connectivity index (χ2v) is 5.78. The van der Waals surface area contributed by atoms with Crippen molar-refractivity contribution in [3.05, 3.63) is 0 Å². The van der Waals surface area contributed by atoms with E-state index in [1.54, 1.807) is 0 Å². The van der Waals surface area contributed by atoms with E-state index in [1.807, 2.05) is 0 Å². The third kappa shape index (κ3) is 2.44. The lowest BCUT2D eigenvalue weighted by Crippen LogP contribution is -2.51. The highest BCUT2D eigenvalue weighted by atomic mass is 32.2. The van der Waals surface area contributed by atoms with Crippen LogP contribution in [0.5, 0.6) is 0 Å². The smallest absolute Gasteiger partial charge is 0.0306 e. The first-order valence-corrected chi connectivity index (χ1v) is 7.05. The summed E-state index contributed by atoms with van der Waals surface area (Å²) in [5, 5.41) is 3.72. The second-order valence-electron chi connectivity index (χ2n) is 4.55. The van der Waals surface area contributed by atoms with E-state index in [0.717, 1.165) is 0 Å². The lowest BCUT2D eigenvalue weighted by molar-refractivity contribution is 0.202. The maximum Gasteiger partial charge on any atom is 0.0306 e. The molecule has 3 heteroatoms. The molecule has 2 nitrogen and oxygen atoms in total. The molecule has 2 heterocycles. The van der Waals surface area contributed by atoms with Gasteiger partial charge in [0, 0.05) is 36.7 Å². The number of hydrogen-bond acceptors (Lipinski definition) is 3. The standard InChI is InChI=1S/C11H22N2S/c1-2-11(4-3-5-12-11)10-13-6-8-14-9-7-13/h12H,2-10H2,1H3. The van der Waals surface area contributed by atoms with Gasteiger partial charge in [0.05, 0.1) is 0 Å². The van der Waals surface area contributed by atoms with E-state index in [-0.39, 0.29) is 0 Å². The third-order valence-electron chi connectivity index (χ3n) is 3.64. The fourth-order valence-electron chi connectivity index (χ4n) is 2.60. The zero-order valence-corrected chi connectivity index (χ0v) is 10.0. The van der Waals surface area contributed by atoms with Gasteiger partial charge >= 0.3 is 0 Å². The van der Waals surface area contributed by atoms with Gasteiger partial charge in [0.1, 0.15) is 0 Å². The van der Waals surface area contributed by atoms with Gasteiger partial charge in [-0.05, 0) is 25.8 Å². The van der Waals surface area contributed by atoms with E-state index in [1.165, 1.54) is 56.9 Å². The van der Waals surface area contributed by atoms with Crippen LogP contribution in [0.4, 0.5) is 0 Å². The maximum absolute atomic E-state index is 3.72. The van der Waals surface area contributed by atoms with Gasteiger partial charge in [-0.3, -0.25) is 4.90 Å². The van der Waals surface area contributed by atoms with Crippen molar-refractivity contribution < 1.29 is 0 Å².